The van der Waals surface area contributed by atoms with Crippen molar-refractivity contribution in [2.24, 2.45) is 5.41 Å². The van der Waals surface area contributed by atoms with Gasteiger partial charge in [0.25, 0.3) is 0 Å². The first kappa shape index (κ1) is 12.2. The van der Waals surface area contributed by atoms with Gasteiger partial charge >= 0.3 is 0 Å². The molecule has 1 fully saturated rings. The number of ketones is 1. The van der Waals surface area contributed by atoms with Gasteiger partial charge in [-0.2, -0.15) is 0 Å². The highest BCUT2D eigenvalue weighted by atomic mass is 16.2. The maximum atomic E-state index is 11.4. The second-order valence-corrected chi connectivity index (χ2v) is 5.38. The van der Waals surface area contributed by atoms with Gasteiger partial charge in [0.1, 0.15) is 5.78 Å². The van der Waals surface area contributed by atoms with E-state index >= 15 is 0 Å². The number of carbonyl (C=O) groups is 2. The molecule has 0 heterocycles. The second kappa shape index (κ2) is 4.77. The maximum Gasteiger partial charge on any atom is 0.227 e. The Labute approximate surface area is 91.6 Å². The molecule has 0 spiro atoms. The van der Waals surface area contributed by atoms with Crippen LogP contribution in [0.2, 0.25) is 0 Å². The zero-order valence-corrected chi connectivity index (χ0v) is 9.93. The molecule has 0 unspecified atom stereocenters. The van der Waals surface area contributed by atoms with Crippen molar-refractivity contribution in [2.75, 3.05) is 0 Å². The standard InChI is InChI=1S/C12H21NO2/c1-9(14)8-11(15)13-10-4-6-12(2,3)7-5-10/h10H,4-8H2,1-3H3,(H,13,15). The summed E-state index contributed by atoms with van der Waals surface area (Å²) in [5, 5.41) is 2.93. The Morgan fingerprint density at radius 1 is 1.27 bits per heavy atom. The average Bonchev–Trinajstić information content (AvgIpc) is 2.07. The van der Waals surface area contributed by atoms with Crippen LogP contribution >= 0.6 is 0 Å². The van der Waals surface area contributed by atoms with Gasteiger partial charge in [0.15, 0.2) is 0 Å². The van der Waals surface area contributed by atoms with Gasteiger partial charge in [-0.15, -0.1) is 0 Å². The lowest BCUT2D eigenvalue weighted by atomic mass is 9.75. The Morgan fingerprint density at radius 3 is 2.27 bits per heavy atom. The molecule has 0 saturated heterocycles. The number of hydrogen-bond acceptors (Lipinski definition) is 2. The molecule has 1 aliphatic carbocycles. The van der Waals surface area contributed by atoms with Gasteiger partial charge in [0, 0.05) is 6.04 Å². The molecule has 86 valence electrons. The molecule has 15 heavy (non-hydrogen) atoms. The molecule has 1 amide bonds. The Balaban J connectivity index is 2.29. The molecule has 0 aromatic rings. The minimum atomic E-state index is -0.118. The van der Waals surface area contributed by atoms with Crippen LogP contribution in [-0.2, 0) is 9.59 Å². The summed E-state index contributed by atoms with van der Waals surface area (Å²) in [6.45, 7) is 5.98. The van der Waals surface area contributed by atoms with Gasteiger partial charge in [-0.3, -0.25) is 9.59 Å². The normalized spacial score (nSPS) is 21.0. The third-order valence-electron chi connectivity index (χ3n) is 3.11. The topological polar surface area (TPSA) is 46.2 Å². The van der Waals surface area contributed by atoms with E-state index in [0.29, 0.717) is 5.41 Å². The van der Waals surface area contributed by atoms with E-state index in [0.717, 1.165) is 25.7 Å². The van der Waals surface area contributed by atoms with Gasteiger partial charge < -0.3 is 5.32 Å². The number of amides is 1. The van der Waals surface area contributed by atoms with Crippen molar-refractivity contribution in [3.63, 3.8) is 0 Å². The molecule has 0 aromatic heterocycles. The Kier molecular flexibility index (Phi) is 3.89. The van der Waals surface area contributed by atoms with E-state index in [1.165, 1.54) is 6.92 Å². The highest BCUT2D eigenvalue weighted by Crippen LogP contribution is 2.34. The molecule has 0 atom stereocenters. The van der Waals surface area contributed by atoms with E-state index in [4.69, 9.17) is 0 Å². The third kappa shape index (κ3) is 4.45. The summed E-state index contributed by atoms with van der Waals surface area (Å²) in [5.41, 5.74) is 0.418. The molecule has 0 radical (unpaired) electrons. The summed E-state index contributed by atoms with van der Waals surface area (Å²) in [6, 6.07) is 0.282. The van der Waals surface area contributed by atoms with E-state index in [1.54, 1.807) is 0 Å². The Hall–Kier alpha value is -0.860. The smallest absolute Gasteiger partial charge is 0.227 e. The molecule has 3 nitrogen and oxygen atoms in total. The first-order valence-electron chi connectivity index (χ1n) is 5.68. The SMILES string of the molecule is CC(=O)CC(=O)NC1CCC(C)(C)CC1. The largest absolute Gasteiger partial charge is 0.353 e. The highest BCUT2D eigenvalue weighted by molar-refractivity contribution is 5.96. The molecule has 1 rings (SSSR count). The summed E-state index contributed by atoms with van der Waals surface area (Å²) in [5.74, 6) is -0.184. The minimum Gasteiger partial charge on any atom is -0.353 e. The number of hydrogen-bond donors (Lipinski definition) is 1. The number of nitrogens with one attached hydrogen (secondary N) is 1. The van der Waals surface area contributed by atoms with E-state index < -0.39 is 0 Å². The van der Waals surface area contributed by atoms with E-state index in [-0.39, 0.29) is 24.2 Å². The highest BCUT2D eigenvalue weighted by Gasteiger charge is 2.27. The van der Waals surface area contributed by atoms with Crippen LogP contribution < -0.4 is 5.32 Å². The van der Waals surface area contributed by atoms with Crippen molar-refractivity contribution in [1.82, 2.24) is 5.32 Å². The van der Waals surface area contributed by atoms with Crippen LogP contribution in [0, 0.1) is 5.41 Å². The molecule has 1 aliphatic rings. The Bertz CT molecular complexity index is 248. The van der Waals surface area contributed by atoms with Crippen LogP contribution in [0.3, 0.4) is 0 Å². The van der Waals surface area contributed by atoms with Crippen LogP contribution in [0.25, 0.3) is 0 Å². The molecule has 0 aliphatic heterocycles. The van der Waals surface area contributed by atoms with Crippen molar-refractivity contribution in [3.05, 3.63) is 0 Å². The quantitative estimate of drug-likeness (QED) is 0.726. The second-order valence-electron chi connectivity index (χ2n) is 5.38. The molecule has 0 bridgehead atoms. The van der Waals surface area contributed by atoms with E-state index in [1.807, 2.05) is 0 Å². The van der Waals surface area contributed by atoms with Crippen molar-refractivity contribution in [1.29, 1.82) is 0 Å². The van der Waals surface area contributed by atoms with E-state index in [2.05, 4.69) is 19.2 Å². The summed E-state index contributed by atoms with van der Waals surface area (Å²) in [6.07, 6.45) is 4.41. The molecule has 3 heteroatoms. The predicted molar refractivity (Wildman–Crippen MR) is 59.5 cm³/mol. The number of rotatable bonds is 3. The third-order valence-corrected chi connectivity index (χ3v) is 3.11. The molecular weight excluding hydrogens is 190 g/mol. The lowest BCUT2D eigenvalue weighted by Gasteiger charge is -2.34. The fourth-order valence-corrected chi connectivity index (χ4v) is 2.05. The van der Waals surface area contributed by atoms with Crippen LogP contribution in [-0.4, -0.2) is 17.7 Å². The van der Waals surface area contributed by atoms with Gasteiger partial charge in [-0.25, -0.2) is 0 Å². The lowest BCUT2D eigenvalue weighted by Crippen LogP contribution is -2.39. The van der Waals surface area contributed by atoms with Gasteiger partial charge in [0.2, 0.25) is 5.91 Å². The molecule has 1 saturated carbocycles. The fraction of sp³-hybridized carbons (Fsp3) is 0.833. The van der Waals surface area contributed by atoms with Crippen molar-refractivity contribution in [3.8, 4) is 0 Å². The van der Waals surface area contributed by atoms with E-state index in [9.17, 15) is 9.59 Å². The fourth-order valence-electron chi connectivity index (χ4n) is 2.05. The maximum absolute atomic E-state index is 11.4. The summed E-state index contributed by atoms with van der Waals surface area (Å²) < 4.78 is 0. The summed E-state index contributed by atoms with van der Waals surface area (Å²) in [7, 11) is 0. The van der Waals surface area contributed by atoms with Crippen LogP contribution in [0.15, 0.2) is 0 Å². The monoisotopic (exact) mass is 211 g/mol. The summed E-state index contributed by atoms with van der Waals surface area (Å²) in [4.78, 5) is 22.1. The zero-order valence-electron chi connectivity index (χ0n) is 9.93. The average molecular weight is 211 g/mol. The number of carbonyl (C=O) groups excluding carboxylic acids is 2. The molecule has 0 aromatic carbocycles. The van der Waals surface area contributed by atoms with Crippen molar-refractivity contribution < 1.29 is 9.59 Å². The Morgan fingerprint density at radius 2 is 1.80 bits per heavy atom. The first-order chi connectivity index (χ1) is 6.89. The van der Waals surface area contributed by atoms with Crippen LogP contribution in [0.4, 0.5) is 0 Å². The van der Waals surface area contributed by atoms with Gasteiger partial charge in [0.05, 0.1) is 6.42 Å². The zero-order chi connectivity index (χ0) is 11.5. The number of Topliss-reactive ketones (excluding diaryl/α,β-unsaturated/α-hetero) is 1. The van der Waals surface area contributed by atoms with Crippen molar-refractivity contribution in [2.45, 2.75) is 58.9 Å². The van der Waals surface area contributed by atoms with Gasteiger partial charge in [-0.1, -0.05) is 13.8 Å². The molecule has 1 N–H and O–H groups in total. The van der Waals surface area contributed by atoms with Crippen molar-refractivity contribution >= 4 is 11.7 Å². The van der Waals surface area contributed by atoms with Crippen LogP contribution in [0.1, 0.15) is 52.9 Å². The minimum absolute atomic E-state index is 0.0277. The lowest BCUT2D eigenvalue weighted by molar-refractivity contribution is -0.127. The predicted octanol–water partition coefficient (Wildman–Crippen LogP) is 2.05. The first-order valence-corrected chi connectivity index (χ1v) is 5.68. The molecular formula is C12H21NO2. The van der Waals surface area contributed by atoms with Gasteiger partial charge in [-0.05, 0) is 38.0 Å². The summed E-state index contributed by atoms with van der Waals surface area (Å²) >= 11 is 0. The van der Waals surface area contributed by atoms with Crippen LogP contribution in [0.5, 0.6) is 0 Å².